The Morgan fingerprint density at radius 2 is 1.89 bits per heavy atom. The van der Waals surface area contributed by atoms with E-state index in [1.165, 1.54) is 34.4 Å². The van der Waals surface area contributed by atoms with Crippen molar-refractivity contribution < 1.29 is 4.57 Å². The molecule has 0 atom stereocenters. The summed E-state index contributed by atoms with van der Waals surface area (Å²) < 4.78 is 4.76. The molecule has 0 aliphatic carbocycles. The average Bonchev–Trinajstić information content (AvgIpc) is 3.17. The Morgan fingerprint density at radius 1 is 1.14 bits per heavy atom. The van der Waals surface area contributed by atoms with Gasteiger partial charge in [-0.1, -0.05) is 46.3 Å². The summed E-state index contributed by atoms with van der Waals surface area (Å²) >= 11 is 18.4. The maximum absolute atomic E-state index is 6.21. The second-order valence-corrected chi connectivity index (χ2v) is 10.5. The van der Waals surface area contributed by atoms with Gasteiger partial charge in [0.05, 0.1) is 10.7 Å². The Balaban J connectivity index is 1.71. The Morgan fingerprint density at radius 3 is 2.64 bits per heavy atom. The summed E-state index contributed by atoms with van der Waals surface area (Å²) in [6, 6.07) is 12.2. The Kier molecular flexibility index (Phi) is 6.28. The van der Waals surface area contributed by atoms with E-state index in [0.717, 1.165) is 23.1 Å². The molecular formula is C21H18Cl2IN2S2+. The van der Waals surface area contributed by atoms with Gasteiger partial charge in [0.1, 0.15) is 11.2 Å². The third-order valence-electron chi connectivity index (χ3n) is 4.54. The van der Waals surface area contributed by atoms with Crippen molar-refractivity contribution in [3.63, 3.8) is 0 Å². The summed E-state index contributed by atoms with van der Waals surface area (Å²) in [6.45, 7) is 6.16. The summed E-state index contributed by atoms with van der Waals surface area (Å²) in [6.07, 6.45) is 4.50. The maximum Gasteiger partial charge on any atom is 0.263 e. The van der Waals surface area contributed by atoms with Crippen molar-refractivity contribution in [3.05, 3.63) is 66.1 Å². The van der Waals surface area contributed by atoms with Crippen LogP contribution in [-0.4, -0.2) is 6.54 Å². The number of allylic oxidation sites excluding steroid dienone is 2. The molecule has 0 unspecified atom stereocenters. The first kappa shape index (κ1) is 20.5. The Labute approximate surface area is 197 Å². The van der Waals surface area contributed by atoms with Crippen molar-refractivity contribution in [1.82, 2.24) is 0 Å². The minimum Gasteiger partial charge on any atom is -0.335 e. The van der Waals surface area contributed by atoms with E-state index < -0.39 is 0 Å². The van der Waals surface area contributed by atoms with Crippen LogP contribution in [0.4, 0.5) is 5.69 Å². The van der Waals surface area contributed by atoms with Crippen LogP contribution in [-0.2, 0) is 6.54 Å². The van der Waals surface area contributed by atoms with Crippen LogP contribution in [0.3, 0.4) is 0 Å². The second kappa shape index (κ2) is 8.56. The Bertz CT molecular complexity index is 1120. The highest BCUT2D eigenvalue weighted by Crippen LogP contribution is 2.47. The quantitative estimate of drug-likeness (QED) is 0.238. The summed E-state index contributed by atoms with van der Waals surface area (Å²) in [7, 11) is 0. The highest BCUT2D eigenvalue weighted by atomic mass is 127. The number of benzene rings is 2. The van der Waals surface area contributed by atoms with Gasteiger partial charge in [-0.15, -0.1) is 0 Å². The molecule has 7 heteroatoms. The van der Waals surface area contributed by atoms with E-state index in [-0.39, 0.29) is 0 Å². The lowest BCUT2D eigenvalue weighted by Gasteiger charge is -2.18. The molecule has 0 amide bonds. The van der Waals surface area contributed by atoms with E-state index in [1.807, 2.05) is 24.3 Å². The molecule has 1 aliphatic rings. The molecular weight excluding hydrogens is 542 g/mol. The fourth-order valence-electron chi connectivity index (χ4n) is 3.29. The van der Waals surface area contributed by atoms with E-state index in [9.17, 15) is 0 Å². The molecule has 4 rings (SSSR count). The van der Waals surface area contributed by atoms with Crippen molar-refractivity contribution in [2.75, 3.05) is 11.4 Å². The molecule has 0 fully saturated rings. The lowest BCUT2D eigenvalue weighted by Crippen LogP contribution is -2.33. The van der Waals surface area contributed by atoms with Crippen LogP contribution in [0.2, 0.25) is 10.0 Å². The largest absolute Gasteiger partial charge is 0.335 e. The van der Waals surface area contributed by atoms with Crippen LogP contribution in [0, 0.1) is 0 Å². The normalized spacial score (nSPS) is 15.7. The first-order chi connectivity index (χ1) is 13.5. The van der Waals surface area contributed by atoms with Crippen molar-refractivity contribution in [2.24, 2.45) is 0 Å². The lowest BCUT2D eigenvalue weighted by atomic mass is 10.3. The van der Waals surface area contributed by atoms with E-state index in [0.29, 0.717) is 0 Å². The van der Waals surface area contributed by atoms with Gasteiger partial charge in [0, 0.05) is 37.2 Å². The number of thiazole rings is 1. The third-order valence-corrected chi connectivity index (χ3v) is 7.86. The van der Waals surface area contributed by atoms with E-state index in [2.05, 4.69) is 70.2 Å². The summed E-state index contributed by atoms with van der Waals surface area (Å²) in [5.41, 5.74) is 2.38. The number of anilines is 1. The zero-order valence-electron chi connectivity index (χ0n) is 15.4. The van der Waals surface area contributed by atoms with Gasteiger partial charge in [0.25, 0.3) is 5.01 Å². The molecule has 144 valence electrons. The minimum atomic E-state index is 0.775. The van der Waals surface area contributed by atoms with Crippen LogP contribution < -0.4 is 9.47 Å². The standard InChI is InChI=1S/C21H18Cl2IN2S2/c1-3-25-16-9-13(22)5-7-18(16)27-20(25)11-15(24)12-21-26(4-2)17-10-14(23)6-8-19(17)28-21/h5-12H,3-4H2,1-2H3/q+1. The summed E-state index contributed by atoms with van der Waals surface area (Å²) in [5, 5.41) is 4.01. The number of aromatic nitrogens is 1. The summed E-state index contributed by atoms with van der Waals surface area (Å²) in [4.78, 5) is 3.57. The highest BCUT2D eigenvalue weighted by Gasteiger charge is 2.24. The lowest BCUT2D eigenvalue weighted by molar-refractivity contribution is -0.665. The molecule has 1 aliphatic heterocycles. The number of halogens is 3. The number of rotatable bonds is 4. The molecule has 28 heavy (non-hydrogen) atoms. The number of nitrogens with zero attached hydrogens (tertiary/aromatic N) is 2. The topological polar surface area (TPSA) is 7.12 Å². The third kappa shape index (κ3) is 3.97. The van der Waals surface area contributed by atoms with Crippen molar-refractivity contribution in [2.45, 2.75) is 25.3 Å². The minimum absolute atomic E-state index is 0.775. The number of thioether (sulfide) groups is 1. The zero-order valence-corrected chi connectivity index (χ0v) is 20.7. The smallest absolute Gasteiger partial charge is 0.263 e. The predicted octanol–water partition coefficient (Wildman–Crippen LogP) is 7.77. The number of hydrogen-bond acceptors (Lipinski definition) is 3. The highest BCUT2D eigenvalue weighted by molar-refractivity contribution is 14.1. The Hall–Kier alpha value is -0.730. The van der Waals surface area contributed by atoms with Crippen LogP contribution in [0.5, 0.6) is 0 Å². The molecule has 3 aromatic rings. The summed E-state index contributed by atoms with van der Waals surface area (Å²) in [5.74, 6) is 0. The molecule has 0 saturated heterocycles. The van der Waals surface area contributed by atoms with Gasteiger partial charge < -0.3 is 4.90 Å². The molecule has 0 N–H and O–H groups in total. The number of fused-ring (bicyclic) bond motifs is 2. The molecule has 2 heterocycles. The van der Waals surface area contributed by atoms with Crippen LogP contribution >= 0.6 is 68.9 Å². The maximum atomic E-state index is 6.21. The van der Waals surface area contributed by atoms with E-state index in [4.69, 9.17) is 23.2 Å². The molecule has 2 nitrogen and oxygen atoms in total. The van der Waals surface area contributed by atoms with Gasteiger partial charge in [-0.05, 0) is 72.8 Å². The van der Waals surface area contributed by atoms with Crippen LogP contribution in [0.25, 0.3) is 16.3 Å². The average molecular weight is 560 g/mol. The number of aryl methyl sites for hydroxylation is 1. The van der Waals surface area contributed by atoms with Gasteiger partial charge in [0.15, 0.2) is 0 Å². The fraction of sp³-hybridized carbons (Fsp3) is 0.190. The SMILES string of the molecule is CCN1/C(=C\C(I)=C\c2sc3ccc(Cl)cc3[n+]2CC)Sc2ccc(Cl)cc21. The van der Waals surface area contributed by atoms with Crippen molar-refractivity contribution >= 4 is 90.9 Å². The van der Waals surface area contributed by atoms with Gasteiger partial charge in [-0.2, -0.15) is 4.57 Å². The first-order valence-electron chi connectivity index (χ1n) is 8.96. The van der Waals surface area contributed by atoms with Gasteiger partial charge in [0.2, 0.25) is 5.52 Å². The van der Waals surface area contributed by atoms with Crippen LogP contribution in [0.15, 0.2) is 56.0 Å². The van der Waals surface area contributed by atoms with E-state index >= 15 is 0 Å². The molecule has 0 spiro atoms. The monoisotopic (exact) mass is 559 g/mol. The molecule has 0 saturated carbocycles. The zero-order chi connectivity index (χ0) is 19.8. The number of hydrogen-bond donors (Lipinski definition) is 0. The van der Waals surface area contributed by atoms with Gasteiger partial charge in [-0.25, -0.2) is 0 Å². The predicted molar refractivity (Wildman–Crippen MR) is 133 cm³/mol. The molecule has 1 aromatic heterocycles. The molecule has 2 aromatic carbocycles. The molecule has 0 bridgehead atoms. The second-order valence-electron chi connectivity index (χ2n) is 6.27. The van der Waals surface area contributed by atoms with Crippen LogP contribution in [0.1, 0.15) is 18.9 Å². The van der Waals surface area contributed by atoms with Crippen molar-refractivity contribution in [3.8, 4) is 0 Å². The van der Waals surface area contributed by atoms with Gasteiger partial charge in [-0.3, -0.25) is 0 Å². The fourth-order valence-corrected chi connectivity index (χ4v) is 6.96. The van der Waals surface area contributed by atoms with E-state index in [1.54, 1.807) is 23.1 Å². The molecule has 0 radical (unpaired) electrons. The van der Waals surface area contributed by atoms with Gasteiger partial charge >= 0.3 is 0 Å². The first-order valence-corrected chi connectivity index (χ1v) is 12.4. The van der Waals surface area contributed by atoms with Crippen molar-refractivity contribution in [1.29, 1.82) is 0 Å².